The summed E-state index contributed by atoms with van der Waals surface area (Å²) in [5, 5.41) is 10.6. The third-order valence-corrected chi connectivity index (χ3v) is 4.70. The topological polar surface area (TPSA) is 102 Å². The Morgan fingerprint density at radius 1 is 1.15 bits per heavy atom. The SMILES string of the molecule is Cc1cc(C)n(-c2cc(NCCNC(=O)C3CCC(=O)CC3)nc(C)n2)n1. The lowest BCUT2D eigenvalue weighted by Crippen LogP contribution is -2.36. The van der Waals surface area contributed by atoms with E-state index in [1.165, 1.54) is 0 Å². The molecule has 27 heavy (non-hydrogen) atoms. The highest BCUT2D eigenvalue weighted by molar-refractivity contribution is 5.84. The molecule has 1 amide bonds. The molecule has 0 bridgehead atoms. The molecule has 2 aromatic rings. The van der Waals surface area contributed by atoms with E-state index in [2.05, 4.69) is 25.7 Å². The molecule has 1 saturated carbocycles. The van der Waals surface area contributed by atoms with Crippen molar-refractivity contribution in [3.63, 3.8) is 0 Å². The fourth-order valence-corrected chi connectivity index (χ4v) is 3.33. The Morgan fingerprint density at radius 3 is 2.56 bits per heavy atom. The van der Waals surface area contributed by atoms with E-state index in [-0.39, 0.29) is 17.6 Å². The zero-order valence-corrected chi connectivity index (χ0v) is 16.1. The van der Waals surface area contributed by atoms with Crippen molar-refractivity contribution in [3.8, 4) is 5.82 Å². The third kappa shape index (κ3) is 4.90. The largest absolute Gasteiger partial charge is 0.368 e. The molecule has 0 spiro atoms. The molecule has 0 aliphatic heterocycles. The summed E-state index contributed by atoms with van der Waals surface area (Å²) in [6.45, 7) is 6.83. The molecule has 0 unspecified atom stereocenters. The van der Waals surface area contributed by atoms with Crippen molar-refractivity contribution in [2.24, 2.45) is 5.92 Å². The van der Waals surface area contributed by atoms with Crippen molar-refractivity contribution in [1.82, 2.24) is 25.1 Å². The Bertz CT molecular complexity index is 835. The van der Waals surface area contributed by atoms with E-state index < -0.39 is 0 Å². The van der Waals surface area contributed by atoms with Crippen LogP contribution < -0.4 is 10.6 Å². The number of Topliss-reactive ketones (excluding diaryl/α,β-unsaturated/α-hetero) is 1. The minimum Gasteiger partial charge on any atom is -0.368 e. The predicted molar refractivity (Wildman–Crippen MR) is 102 cm³/mol. The molecule has 8 nitrogen and oxygen atoms in total. The molecule has 1 fully saturated rings. The summed E-state index contributed by atoms with van der Waals surface area (Å²) in [4.78, 5) is 32.3. The smallest absolute Gasteiger partial charge is 0.223 e. The number of ketones is 1. The number of amides is 1. The summed E-state index contributed by atoms with van der Waals surface area (Å²) in [6.07, 6.45) is 2.36. The molecule has 144 valence electrons. The molecular weight excluding hydrogens is 344 g/mol. The van der Waals surface area contributed by atoms with Crippen molar-refractivity contribution in [1.29, 1.82) is 0 Å². The number of nitrogens with zero attached hydrogens (tertiary/aromatic N) is 4. The number of rotatable bonds is 6. The van der Waals surface area contributed by atoms with Gasteiger partial charge in [-0.05, 0) is 39.7 Å². The van der Waals surface area contributed by atoms with Crippen LogP contribution in [0.15, 0.2) is 12.1 Å². The molecule has 2 aromatic heterocycles. The van der Waals surface area contributed by atoms with Gasteiger partial charge in [-0.1, -0.05) is 0 Å². The number of hydrogen-bond acceptors (Lipinski definition) is 6. The molecular formula is C19H26N6O2. The highest BCUT2D eigenvalue weighted by Gasteiger charge is 2.24. The maximum atomic E-state index is 12.2. The summed E-state index contributed by atoms with van der Waals surface area (Å²) in [7, 11) is 0. The highest BCUT2D eigenvalue weighted by atomic mass is 16.2. The summed E-state index contributed by atoms with van der Waals surface area (Å²) in [5.74, 6) is 2.32. The second kappa shape index (κ2) is 8.28. The van der Waals surface area contributed by atoms with Crippen LogP contribution in [-0.2, 0) is 9.59 Å². The summed E-state index contributed by atoms with van der Waals surface area (Å²) >= 11 is 0. The molecule has 2 N–H and O–H groups in total. The number of hydrogen-bond donors (Lipinski definition) is 2. The summed E-state index contributed by atoms with van der Waals surface area (Å²) in [6, 6.07) is 3.85. The lowest BCUT2D eigenvalue weighted by molar-refractivity contribution is -0.128. The van der Waals surface area contributed by atoms with Crippen LogP contribution in [0.4, 0.5) is 5.82 Å². The molecule has 3 rings (SSSR count). The van der Waals surface area contributed by atoms with Gasteiger partial charge < -0.3 is 10.6 Å². The van der Waals surface area contributed by atoms with Crippen molar-refractivity contribution < 1.29 is 9.59 Å². The fraction of sp³-hybridized carbons (Fsp3) is 0.526. The lowest BCUT2D eigenvalue weighted by Gasteiger charge is -2.20. The van der Waals surface area contributed by atoms with Crippen LogP contribution in [0.25, 0.3) is 5.82 Å². The third-order valence-electron chi connectivity index (χ3n) is 4.70. The highest BCUT2D eigenvalue weighted by Crippen LogP contribution is 2.21. The van der Waals surface area contributed by atoms with E-state index in [0.717, 1.165) is 11.4 Å². The van der Waals surface area contributed by atoms with Crippen LogP contribution >= 0.6 is 0 Å². The Labute approximate surface area is 158 Å². The minimum atomic E-state index is -0.0402. The normalized spacial score (nSPS) is 15.0. The molecule has 0 atom stereocenters. The second-order valence-corrected chi connectivity index (χ2v) is 7.03. The van der Waals surface area contributed by atoms with E-state index >= 15 is 0 Å². The van der Waals surface area contributed by atoms with Gasteiger partial charge in [0, 0.05) is 43.6 Å². The van der Waals surface area contributed by atoms with Crippen LogP contribution in [0.5, 0.6) is 0 Å². The Morgan fingerprint density at radius 2 is 1.89 bits per heavy atom. The van der Waals surface area contributed by atoms with Gasteiger partial charge in [0.25, 0.3) is 0 Å². The second-order valence-electron chi connectivity index (χ2n) is 7.03. The molecule has 2 heterocycles. The Kier molecular flexibility index (Phi) is 5.83. The van der Waals surface area contributed by atoms with Crippen molar-refractivity contribution in [2.45, 2.75) is 46.5 Å². The summed E-state index contributed by atoms with van der Waals surface area (Å²) in [5.41, 5.74) is 1.94. The van der Waals surface area contributed by atoms with Gasteiger partial charge in [-0.25, -0.2) is 14.6 Å². The Balaban J connectivity index is 1.53. The van der Waals surface area contributed by atoms with Gasteiger partial charge in [0.1, 0.15) is 17.4 Å². The van der Waals surface area contributed by atoms with E-state index in [1.54, 1.807) is 4.68 Å². The van der Waals surface area contributed by atoms with Crippen LogP contribution in [0, 0.1) is 26.7 Å². The number of carbonyl (C=O) groups excluding carboxylic acids is 2. The molecule has 1 aliphatic carbocycles. The maximum Gasteiger partial charge on any atom is 0.223 e. The van der Waals surface area contributed by atoms with E-state index in [1.807, 2.05) is 32.9 Å². The lowest BCUT2D eigenvalue weighted by atomic mass is 9.88. The first kappa shape index (κ1) is 19.0. The van der Waals surface area contributed by atoms with Gasteiger partial charge >= 0.3 is 0 Å². The molecule has 0 saturated heterocycles. The van der Waals surface area contributed by atoms with E-state index in [4.69, 9.17) is 0 Å². The van der Waals surface area contributed by atoms with Crippen molar-refractivity contribution in [2.75, 3.05) is 18.4 Å². The number of carbonyl (C=O) groups is 2. The molecule has 1 aliphatic rings. The van der Waals surface area contributed by atoms with Crippen LogP contribution in [0.2, 0.25) is 0 Å². The van der Waals surface area contributed by atoms with Gasteiger partial charge in [0.15, 0.2) is 5.82 Å². The number of nitrogens with one attached hydrogen (secondary N) is 2. The van der Waals surface area contributed by atoms with Crippen LogP contribution in [0.1, 0.15) is 42.9 Å². The van der Waals surface area contributed by atoms with Crippen molar-refractivity contribution in [3.05, 3.63) is 29.3 Å². The number of anilines is 1. The zero-order valence-electron chi connectivity index (χ0n) is 16.1. The number of aromatic nitrogens is 4. The molecule has 0 aromatic carbocycles. The first-order chi connectivity index (χ1) is 12.9. The first-order valence-corrected chi connectivity index (χ1v) is 9.35. The number of aryl methyl sites for hydroxylation is 3. The van der Waals surface area contributed by atoms with Gasteiger partial charge in [0.05, 0.1) is 5.69 Å². The van der Waals surface area contributed by atoms with Crippen LogP contribution in [-0.4, -0.2) is 44.5 Å². The minimum absolute atomic E-state index is 0.0338. The van der Waals surface area contributed by atoms with Gasteiger partial charge in [0.2, 0.25) is 5.91 Å². The van der Waals surface area contributed by atoms with Crippen LogP contribution in [0.3, 0.4) is 0 Å². The first-order valence-electron chi connectivity index (χ1n) is 9.35. The molecule has 8 heteroatoms. The molecule has 0 radical (unpaired) electrons. The average Bonchev–Trinajstić information content (AvgIpc) is 2.97. The standard InChI is InChI=1S/C19H26N6O2/c1-12-10-13(2)25(24-12)18-11-17(22-14(3)23-18)20-8-9-21-19(27)15-4-6-16(26)7-5-15/h10-11,15H,4-9H2,1-3H3,(H,21,27)(H,20,22,23). The quantitative estimate of drug-likeness (QED) is 0.753. The van der Waals surface area contributed by atoms with Gasteiger partial charge in [-0.15, -0.1) is 0 Å². The van der Waals surface area contributed by atoms with Gasteiger partial charge in [-0.3, -0.25) is 9.59 Å². The zero-order chi connectivity index (χ0) is 19.4. The fourth-order valence-electron chi connectivity index (χ4n) is 3.33. The predicted octanol–water partition coefficient (Wildman–Crippen LogP) is 1.87. The Hall–Kier alpha value is -2.77. The van der Waals surface area contributed by atoms with E-state index in [0.29, 0.717) is 56.2 Å². The van der Waals surface area contributed by atoms with Gasteiger partial charge in [-0.2, -0.15) is 5.10 Å². The van der Waals surface area contributed by atoms with E-state index in [9.17, 15) is 9.59 Å². The van der Waals surface area contributed by atoms with Crippen molar-refractivity contribution >= 4 is 17.5 Å². The monoisotopic (exact) mass is 370 g/mol. The summed E-state index contributed by atoms with van der Waals surface area (Å²) < 4.78 is 1.79. The maximum absolute atomic E-state index is 12.2. The average molecular weight is 370 g/mol.